The number of benzene rings is 7. The Hall–Kier alpha value is -4.53. The molecular formula is C36H21FS. The average Bonchev–Trinajstić information content (AvgIpc) is 3.32. The fraction of sp³-hybridized carbons (Fsp3) is 0. The monoisotopic (exact) mass is 504 g/mol. The Balaban J connectivity index is 1.47. The summed E-state index contributed by atoms with van der Waals surface area (Å²) in [6.45, 7) is 0. The second kappa shape index (κ2) is 8.24. The number of fused-ring (bicyclic) bond motifs is 6. The average molecular weight is 505 g/mol. The maximum absolute atomic E-state index is 13.8. The predicted octanol–water partition coefficient (Wildman–Crippen LogP) is 11.0. The van der Waals surface area contributed by atoms with Crippen molar-refractivity contribution in [3.63, 3.8) is 0 Å². The van der Waals surface area contributed by atoms with E-state index in [1.54, 1.807) is 12.1 Å². The molecule has 0 bridgehead atoms. The van der Waals surface area contributed by atoms with Crippen LogP contribution in [-0.2, 0) is 0 Å². The summed E-state index contributed by atoms with van der Waals surface area (Å²) in [4.78, 5) is 0. The quantitative estimate of drug-likeness (QED) is 0.205. The number of hydrogen-bond acceptors (Lipinski definition) is 1. The van der Waals surface area contributed by atoms with E-state index < -0.39 is 0 Å². The van der Waals surface area contributed by atoms with Crippen molar-refractivity contribution >= 4 is 63.8 Å². The predicted molar refractivity (Wildman–Crippen MR) is 163 cm³/mol. The van der Waals surface area contributed by atoms with Crippen molar-refractivity contribution < 1.29 is 4.39 Å². The van der Waals surface area contributed by atoms with E-state index in [1.165, 1.54) is 63.6 Å². The van der Waals surface area contributed by atoms with Crippen LogP contribution in [0.3, 0.4) is 0 Å². The van der Waals surface area contributed by atoms with E-state index in [1.807, 2.05) is 23.5 Å². The number of rotatable bonds is 2. The third kappa shape index (κ3) is 3.21. The highest BCUT2D eigenvalue weighted by Crippen LogP contribution is 2.45. The van der Waals surface area contributed by atoms with Crippen LogP contribution in [0.2, 0.25) is 0 Å². The van der Waals surface area contributed by atoms with Crippen LogP contribution in [0.25, 0.3) is 74.7 Å². The molecule has 0 fully saturated rings. The Morgan fingerprint density at radius 2 is 0.895 bits per heavy atom. The molecule has 7 aromatic carbocycles. The van der Waals surface area contributed by atoms with Crippen molar-refractivity contribution in [2.24, 2.45) is 0 Å². The molecule has 0 aliphatic heterocycles. The highest BCUT2D eigenvalue weighted by Gasteiger charge is 2.17. The van der Waals surface area contributed by atoms with Crippen molar-refractivity contribution in [2.45, 2.75) is 0 Å². The molecule has 0 aliphatic rings. The van der Waals surface area contributed by atoms with Crippen molar-refractivity contribution in [1.82, 2.24) is 0 Å². The SMILES string of the molecule is Fc1ccc(-c2c3ccccc3c(-c3ccc4sc5cc6ccccc6cc5c4c3)c3ccccc23)cc1. The normalized spacial score (nSPS) is 11.8. The number of thiophene rings is 1. The van der Waals surface area contributed by atoms with E-state index >= 15 is 0 Å². The van der Waals surface area contributed by atoms with Gasteiger partial charge in [-0.3, -0.25) is 0 Å². The molecule has 8 rings (SSSR count). The van der Waals surface area contributed by atoms with Gasteiger partial charge in [-0.15, -0.1) is 11.3 Å². The first-order chi connectivity index (χ1) is 18.7. The van der Waals surface area contributed by atoms with E-state index in [0.29, 0.717) is 0 Å². The summed E-state index contributed by atoms with van der Waals surface area (Å²) in [5.74, 6) is -0.219. The van der Waals surface area contributed by atoms with Crippen LogP contribution < -0.4 is 0 Å². The van der Waals surface area contributed by atoms with Crippen LogP contribution in [0.1, 0.15) is 0 Å². The highest BCUT2D eigenvalue weighted by atomic mass is 32.1. The molecule has 0 radical (unpaired) electrons. The molecule has 1 aromatic heterocycles. The molecule has 1 heterocycles. The fourth-order valence-electron chi connectivity index (χ4n) is 5.98. The van der Waals surface area contributed by atoms with Crippen molar-refractivity contribution in [3.8, 4) is 22.3 Å². The maximum atomic E-state index is 13.8. The van der Waals surface area contributed by atoms with Crippen LogP contribution in [0.15, 0.2) is 127 Å². The van der Waals surface area contributed by atoms with Gasteiger partial charge in [-0.25, -0.2) is 4.39 Å². The smallest absolute Gasteiger partial charge is 0.123 e. The Bertz CT molecular complexity index is 2130. The molecule has 0 N–H and O–H groups in total. The van der Waals surface area contributed by atoms with Gasteiger partial charge in [0.25, 0.3) is 0 Å². The number of halogens is 1. The molecule has 0 spiro atoms. The topological polar surface area (TPSA) is 0 Å². The van der Waals surface area contributed by atoms with Crippen molar-refractivity contribution in [1.29, 1.82) is 0 Å². The van der Waals surface area contributed by atoms with Gasteiger partial charge in [0.05, 0.1) is 0 Å². The molecule has 2 heteroatoms. The first-order valence-electron chi connectivity index (χ1n) is 12.8. The largest absolute Gasteiger partial charge is 0.207 e. The zero-order valence-electron chi connectivity index (χ0n) is 20.4. The van der Waals surface area contributed by atoms with Crippen LogP contribution in [0.5, 0.6) is 0 Å². The van der Waals surface area contributed by atoms with Gasteiger partial charge in [0.2, 0.25) is 0 Å². The summed E-state index contributed by atoms with van der Waals surface area (Å²) in [6.07, 6.45) is 0. The molecule has 0 nitrogen and oxygen atoms in total. The van der Waals surface area contributed by atoms with Crippen LogP contribution in [0, 0.1) is 5.82 Å². The first-order valence-corrected chi connectivity index (χ1v) is 13.6. The lowest BCUT2D eigenvalue weighted by Gasteiger charge is -2.17. The minimum Gasteiger partial charge on any atom is -0.207 e. The summed E-state index contributed by atoms with van der Waals surface area (Å²) < 4.78 is 16.4. The fourth-order valence-corrected chi connectivity index (χ4v) is 7.10. The molecule has 0 amide bonds. The molecule has 0 atom stereocenters. The molecule has 38 heavy (non-hydrogen) atoms. The van der Waals surface area contributed by atoms with E-state index in [2.05, 4.69) is 103 Å². The molecule has 8 aromatic rings. The van der Waals surface area contributed by atoms with E-state index in [0.717, 1.165) is 11.1 Å². The van der Waals surface area contributed by atoms with Crippen molar-refractivity contribution in [2.75, 3.05) is 0 Å². The maximum Gasteiger partial charge on any atom is 0.123 e. The minimum absolute atomic E-state index is 0.219. The standard InChI is InChI=1S/C36H21FS/c37-26-16-13-22(14-17-26)35-27-9-3-5-11-29(27)36(30-12-6-4-10-28(30)35)25-15-18-33-31(20-25)32-19-23-7-1-2-8-24(23)21-34(32)38-33/h1-21H. The third-order valence-corrected chi connectivity index (χ3v) is 8.82. The van der Waals surface area contributed by atoms with Gasteiger partial charge in [-0.05, 0) is 91.0 Å². The van der Waals surface area contributed by atoms with Gasteiger partial charge in [-0.2, -0.15) is 0 Å². The van der Waals surface area contributed by atoms with E-state index in [4.69, 9.17) is 0 Å². The molecule has 0 aliphatic carbocycles. The summed E-state index contributed by atoms with van der Waals surface area (Å²) in [6, 6.07) is 44.2. The Morgan fingerprint density at radius 1 is 0.395 bits per heavy atom. The zero-order valence-corrected chi connectivity index (χ0v) is 21.2. The van der Waals surface area contributed by atoms with E-state index in [9.17, 15) is 4.39 Å². The van der Waals surface area contributed by atoms with Gasteiger partial charge in [0.15, 0.2) is 0 Å². The van der Waals surface area contributed by atoms with Gasteiger partial charge >= 0.3 is 0 Å². The summed E-state index contributed by atoms with van der Waals surface area (Å²) >= 11 is 1.86. The summed E-state index contributed by atoms with van der Waals surface area (Å²) in [5.41, 5.74) is 4.62. The Labute approximate surface area is 223 Å². The lowest BCUT2D eigenvalue weighted by atomic mass is 9.86. The zero-order chi connectivity index (χ0) is 25.2. The second-order valence-corrected chi connectivity index (χ2v) is 10.9. The Kier molecular flexibility index (Phi) is 4.67. The lowest BCUT2D eigenvalue weighted by molar-refractivity contribution is 0.628. The van der Waals surface area contributed by atoms with Crippen LogP contribution in [-0.4, -0.2) is 0 Å². The van der Waals surface area contributed by atoms with Crippen LogP contribution in [0.4, 0.5) is 4.39 Å². The van der Waals surface area contributed by atoms with Gasteiger partial charge < -0.3 is 0 Å². The number of hydrogen-bond donors (Lipinski definition) is 0. The third-order valence-electron chi connectivity index (χ3n) is 7.69. The summed E-state index contributed by atoms with van der Waals surface area (Å²) in [5, 5.41) is 9.91. The van der Waals surface area contributed by atoms with Crippen LogP contribution >= 0.6 is 11.3 Å². The van der Waals surface area contributed by atoms with Gasteiger partial charge in [0.1, 0.15) is 5.82 Å². The van der Waals surface area contributed by atoms with Gasteiger partial charge in [0, 0.05) is 20.2 Å². The van der Waals surface area contributed by atoms with E-state index in [-0.39, 0.29) is 5.82 Å². The minimum atomic E-state index is -0.219. The summed E-state index contributed by atoms with van der Waals surface area (Å²) in [7, 11) is 0. The lowest BCUT2D eigenvalue weighted by Crippen LogP contribution is -1.90. The second-order valence-electron chi connectivity index (χ2n) is 9.86. The molecule has 0 unspecified atom stereocenters. The molecular weight excluding hydrogens is 483 g/mol. The highest BCUT2D eigenvalue weighted by molar-refractivity contribution is 7.25. The molecule has 178 valence electrons. The van der Waals surface area contributed by atoms with Gasteiger partial charge in [-0.1, -0.05) is 91.0 Å². The molecule has 0 saturated carbocycles. The Morgan fingerprint density at radius 3 is 1.53 bits per heavy atom. The first kappa shape index (κ1) is 21.5. The molecule has 0 saturated heterocycles. The van der Waals surface area contributed by atoms with Crippen molar-refractivity contribution in [3.05, 3.63) is 133 Å².